The Hall–Kier alpha value is -3.79. The molecule has 1 aromatic heterocycles. The number of aromatic nitrogens is 3. The first-order chi connectivity index (χ1) is 15.6. The van der Waals surface area contributed by atoms with Crippen LogP contribution in [0.25, 0.3) is 6.08 Å². The van der Waals surface area contributed by atoms with Gasteiger partial charge in [0, 0.05) is 0 Å². The standard InChI is InChI=1S/C22H21N5O4S/c1-30-17-7-3-5-15(9-17)10-19-21(29)27(25-20(28)12-26-14-23-13-24-26)22(32-19)16-6-4-8-18(11-16)31-2/h3-11,13-14,22H,12H2,1-2H3,(H,25,28)/b19-10-. The van der Waals surface area contributed by atoms with E-state index in [1.165, 1.54) is 34.1 Å². The molecule has 3 aromatic rings. The predicted octanol–water partition coefficient (Wildman–Crippen LogP) is 2.64. The number of amides is 2. The first-order valence-corrected chi connectivity index (χ1v) is 10.6. The van der Waals surface area contributed by atoms with Gasteiger partial charge in [0.15, 0.2) is 0 Å². The van der Waals surface area contributed by atoms with Gasteiger partial charge in [-0.1, -0.05) is 36.0 Å². The first kappa shape index (κ1) is 21.4. The van der Waals surface area contributed by atoms with E-state index in [-0.39, 0.29) is 18.4 Å². The molecule has 164 valence electrons. The SMILES string of the molecule is COc1cccc(/C=C2\SC(c3cccc(OC)c3)N(NC(=O)Cn3cncn3)C2=O)c1. The Bertz CT molecular complexity index is 1150. The summed E-state index contributed by atoms with van der Waals surface area (Å²) in [5, 5.41) is 4.81. The predicted molar refractivity (Wildman–Crippen MR) is 119 cm³/mol. The Labute approximate surface area is 189 Å². The van der Waals surface area contributed by atoms with Gasteiger partial charge >= 0.3 is 0 Å². The highest BCUT2D eigenvalue weighted by Gasteiger charge is 2.38. The number of carbonyl (C=O) groups excluding carboxylic acids is 2. The first-order valence-electron chi connectivity index (χ1n) is 9.69. The van der Waals surface area contributed by atoms with E-state index >= 15 is 0 Å². The van der Waals surface area contributed by atoms with Crippen molar-refractivity contribution in [2.75, 3.05) is 14.2 Å². The molecule has 0 aliphatic carbocycles. The minimum absolute atomic E-state index is 0.0613. The number of hydrogen-bond donors (Lipinski definition) is 1. The van der Waals surface area contributed by atoms with Crippen molar-refractivity contribution in [3.8, 4) is 11.5 Å². The van der Waals surface area contributed by atoms with Crippen LogP contribution in [0.15, 0.2) is 66.1 Å². The maximum atomic E-state index is 13.3. The molecule has 0 radical (unpaired) electrons. The Morgan fingerprint density at radius 1 is 1.16 bits per heavy atom. The molecule has 0 spiro atoms. The summed E-state index contributed by atoms with van der Waals surface area (Å²) >= 11 is 1.35. The number of benzene rings is 2. The van der Waals surface area contributed by atoms with Crippen molar-refractivity contribution >= 4 is 29.7 Å². The number of nitrogens with one attached hydrogen (secondary N) is 1. The third kappa shape index (κ3) is 4.75. The smallest absolute Gasteiger partial charge is 0.280 e. The quantitative estimate of drug-likeness (QED) is 0.552. The van der Waals surface area contributed by atoms with E-state index in [9.17, 15) is 9.59 Å². The van der Waals surface area contributed by atoms with Crippen LogP contribution in [0.3, 0.4) is 0 Å². The Morgan fingerprint density at radius 2 is 1.91 bits per heavy atom. The van der Waals surface area contributed by atoms with Crippen LogP contribution in [-0.4, -0.2) is 45.8 Å². The van der Waals surface area contributed by atoms with Crippen molar-refractivity contribution in [1.82, 2.24) is 25.2 Å². The Kier molecular flexibility index (Phi) is 6.41. The molecule has 4 rings (SSSR count). The summed E-state index contributed by atoms with van der Waals surface area (Å²) in [6, 6.07) is 14.8. The van der Waals surface area contributed by atoms with Crippen molar-refractivity contribution in [2.24, 2.45) is 0 Å². The number of rotatable bonds is 7. The average molecular weight is 452 g/mol. The zero-order valence-electron chi connectivity index (χ0n) is 17.5. The lowest BCUT2D eigenvalue weighted by atomic mass is 10.2. The fourth-order valence-corrected chi connectivity index (χ4v) is 4.36. The lowest BCUT2D eigenvalue weighted by molar-refractivity contribution is -0.138. The monoisotopic (exact) mass is 451 g/mol. The molecule has 1 unspecified atom stereocenters. The van der Waals surface area contributed by atoms with Gasteiger partial charge in [-0.3, -0.25) is 15.0 Å². The van der Waals surface area contributed by atoms with E-state index in [2.05, 4.69) is 15.5 Å². The lowest BCUT2D eigenvalue weighted by Crippen LogP contribution is -2.45. The van der Waals surface area contributed by atoms with Crippen LogP contribution in [0.1, 0.15) is 16.5 Å². The van der Waals surface area contributed by atoms with Crippen molar-refractivity contribution < 1.29 is 19.1 Å². The fraction of sp³-hybridized carbons (Fsp3) is 0.182. The van der Waals surface area contributed by atoms with E-state index in [1.807, 2.05) is 48.5 Å². The molecule has 2 aromatic carbocycles. The summed E-state index contributed by atoms with van der Waals surface area (Å²) in [6.07, 6.45) is 4.57. The molecule has 2 heterocycles. The van der Waals surface area contributed by atoms with Gasteiger partial charge in [-0.25, -0.2) is 14.7 Å². The summed E-state index contributed by atoms with van der Waals surface area (Å²) in [5.41, 5.74) is 4.36. The highest BCUT2D eigenvalue weighted by atomic mass is 32.2. The number of nitrogens with zero attached hydrogens (tertiary/aromatic N) is 4. The lowest BCUT2D eigenvalue weighted by Gasteiger charge is -2.24. The van der Waals surface area contributed by atoms with Gasteiger partial charge in [0.05, 0.1) is 19.1 Å². The molecule has 2 amide bonds. The summed E-state index contributed by atoms with van der Waals surface area (Å²) in [5.74, 6) is 0.657. The van der Waals surface area contributed by atoms with E-state index in [0.29, 0.717) is 16.4 Å². The number of hydrogen-bond acceptors (Lipinski definition) is 7. The van der Waals surface area contributed by atoms with Gasteiger partial charge in [-0.2, -0.15) is 5.10 Å². The van der Waals surface area contributed by atoms with Crippen molar-refractivity contribution in [2.45, 2.75) is 11.9 Å². The maximum Gasteiger partial charge on any atom is 0.280 e. The zero-order valence-corrected chi connectivity index (χ0v) is 18.3. The van der Waals surface area contributed by atoms with Crippen molar-refractivity contribution in [3.05, 3.63) is 77.2 Å². The molecule has 1 aliphatic rings. The van der Waals surface area contributed by atoms with E-state index < -0.39 is 5.37 Å². The normalized spacial score (nSPS) is 16.9. The minimum atomic E-state index is -0.464. The van der Waals surface area contributed by atoms with Crippen LogP contribution in [-0.2, 0) is 16.1 Å². The van der Waals surface area contributed by atoms with Gasteiger partial charge in [0.25, 0.3) is 11.8 Å². The Morgan fingerprint density at radius 3 is 2.62 bits per heavy atom. The molecular weight excluding hydrogens is 430 g/mol. The molecule has 0 bridgehead atoms. The van der Waals surface area contributed by atoms with Crippen LogP contribution in [0.2, 0.25) is 0 Å². The highest BCUT2D eigenvalue weighted by molar-refractivity contribution is 8.04. The van der Waals surface area contributed by atoms with Crippen LogP contribution < -0.4 is 14.9 Å². The topological polar surface area (TPSA) is 98.6 Å². The molecule has 9 nitrogen and oxygen atoms in total. The largest absolute Gasteiger partial charge is 0.497 e. The van der Waals surface area contributed by atoms with E-state index in [0.717, 1.165) is 11.1 Å². The van der Waals surface area contributed by atoms with Crippen molar-refractivity contribution in [3.63, 3.8) is 0 Å². The highest BCUT2D eigenvalue weighted by Crippen LogP contribution is 2.45. The second-order valence-electron chi connectivity index (χ2n) is 6.84. The number of thioether (sulfide) groups is 1. The molecule has 0 saturated carbocycles. The average Bonchev–Trinajstić information content (AvgIpc) is 3.43. The number of carbonyl (C=O) groups is 2. The van der Waals surface area contributed by atoms with Crippen molar-refractivity contribution in [1.29, 1.82) is 0 Å². The maximum absolute atomic E-state index is 13.3. The molecule has 10 heteroatoms. The summed E-state index contributed by atoms with van der Waals surface area (Å²) < 4.78 is 12.0. The van der Waals surface area contributed by atoms with Gasteiger partial charge in [-0.05, 0) is 41.5 Å². The van der Waals surface area contributed by atoms with Gasteiger partial charge in [0.2, 0.25) is 0 Å². The number of ether oxygens (including phenoxy) is 2. The van der Waals surface area contributed by atoms with Crippen LogP contribution in [0.5, 0.6) is 11.5 Å². The van der Waals surface area contributed by atoms with Crippen LogP contribution in [0.4, 0.5) is 0 Å². The molecule has 1 fully saturated rings. The molecule has 32 heavy (non-hydrogen) atoms. The summed E-state index contributed by atoms with van der Waals surface area (Å²) in [7, 11) is 3.17. The van der Waals surface area contributed by atoms with Gasteiger partial charge in [-0.15, -0.1) is 0 Å². The van der Waals surface area contributed by atoms with Gasteiger partial charge in [0.1, 0.15) is 36.1 Å². The molecule has 1 atom stereocenters. The number of hydrazine groups is 1. The summed E-state index contributed by atoms with van der Waals surface area (Å²) in [6.45, 7) is -0.0613. The third-order valence-corrected chi connectivity index (χ3v) is 5.94. The zero-order chi connectivity index (χ0) is 22.5. The molecule has 1 aliphatic heterocycles. The number of methoxy groups -OCH3 is 2. The minimum Gasteiger partial charge on any atom is -0.497 e. The van der Waals surface area contributed by atoms with Crippen LogP contribution in [0, 0.1) is 0 Å². The molecule has 1 saturated heterocycles. The third-order valence-electron chi connectivity index (χ3n) is 4.69. The Balaban J connectivity index is 1.64. The van der Waals surface area contributed by atoms with Crippen LogP contribution >= 0.6 is 11.8 Å². The van der Waals surface area contributed by atoms with E-state index in [1.54, 1.807) is 20.3 Å². The molecule has 1 N–H and O–H groups in total. The molecular formula is C22H21N5O4S. The fourth-order valence-electron chi connectivity index (χ4n) is 3.18. The van der Waals surface area contributed by atoms with Gasteiger partial charge < -0.3 is 9.47 Å². The second-order valence-corrected chi connectivity index (χ2v) is 7.96. The van der Waals surface area contributed by atoms with E-state index in [4.69, 9.17) is 9.47 Å². The second kappa shape index (κ2) is 9.56. The summed E-state index contributed by atoms with van der Waals surface area (Å²) in [4.78, 5) is 30.2.